The van der Waals surface area contributed by atoms with Crippen molar-refractivity contribution in [2.24, 2.45) is 0 Å². The molecule has 0 heteroatoms. The highest BCUT2D eigenvalue weighted by Gasteiger charge is 2.46. The molecule has 212 valence electrons. The summed E-state index contributed by atoms with van der Waals surface area (Å²) >= 11 is 0. The highest BCUT2D eigenvalue weighted by molar-refractivity contribution is 6.05. The largest absolute Gasteiger partial charge is 0.0619 e. The van der Waals surface area contributed by atoms with Crippen LogP contribution in [0.2, 0.25) is 0 Å². The maximum absolute atomic E-state index is 2.55. The van der Waals surface area contributed by atoms with Gasteiger partial charge >= 0.3 is 0 Å². The van der Waals surface area contributed by atoms with Gasteiger partial charge in [-0.25, -0.2) is 0 Å². The van der Waals surface area contributed by atoms with Crippen LogP contribution in [0, 0.1) is 0 Å². The minimum atomic E-state index is 0.190. The standard InChI is InChI=1S/C44H36/c1-3-17-39-35(11-1)37-21-19-29(27-41(37)43(39)23-5-6-24-43)31-13-9-16-34-32(14-10-15-33(31)34)30-20-22-38-36-12-2-4-18-40(36)44(42(38)28-30)25-7-8-26-44/h1-4,9-22,27-28H,5-8,23-26H2. The van der Waals surface area contributed by atoms with Crippen molar-refractivity contribution in [2.75, 3.05) is 0 Å². The summed E-state index contributed by atoms with van der Waals surface area (Å²) in [5.74, 6) is 0. The monoisotopic (exact) mass is 564 g/mol. The quantitative estimate of drug-likeness (QED) is 0.196. The Bertz CT molecular complexity index is 1980. The third-order valence-electron chi connectivity index (χ3n) is 12.0. The van der Waals surface area contributed by atoms with E-state index in [1.165, 1.54) is 107 Å². The summed E-state index contributed by atoms with van der Waals surface area (Å²) in [4.78, 5) is 0. The van der Waals surface area contributed by atoms with Crippen molar-refractivity contribution in [1.29, 1.82) is 0 Å². The Hall–Kier alpha value is -4.42. The zero-order valence-corrected chi connectivity index (χ0v) is 25.2. The lowest BCUT2D eigenvalue weighted by Gasteiger charge is -2.27. The van der Waals surface area contributed by atoms with Crippen LogP contribution >= 0.6 is 0 Å². The Morgan fingerprint density at radius 2 is 0.705 bits per heavy atom. The average molecular weight is 565 g/mol. The summed E-state index contributed by atoms with van der Waals surface area (Å²) < 4.78 is 0. The average Bonchev–Trinajstić information content (AvgIpc) is 3.88. The Kier molecular flexibility index (Phi) is 5.14. The van der Waals surface area contributed by atoms with Crippen molar-refractivity contribution in [3.8, 4) is 44.5 Å². The number of rotatable bonds is 2. The molecule has 0 N–H and O–H groups in total. The van der Waals surface area contributed by atoms with Gasteiger partial charge in [-0.2, -0.15) is 0 Å². The van der Waals surface area contributed by atoms with Crippen LogP contribution in [0.5, 0.6) is 0 Å². The van der Waals surface area contributed by atoms with Crippen LogP contribution in [0.15, 0.2) is 121 Å². The Morgan fingerprint density at radius 1 is 0.318 bits per heavy atom. The van der Waals surface area contributed by atoms with Crippen LogP contribution < -0.4 is 0 Å². The number of hydrogen-bond donors (Lipinski definition) is 0. The van der Waals surface area contributed by atoms with E-state index >= 15 is 0 Å². The van der Waals surface area contributed by atoms with E-state index in [4.69, 9.17) is 0 Å². The lowest BCUT2D eigenvalue weighted by molar-refractivity contribution is 0.550. The van der Waals surface area contributed by atoms with Crippen molar-refractivity contribution in [3.63, 3.8) is 0 Å². The van der Waals surface area contributed by atoms with Gasteiger partial charge in [0.2, 0.25) is 0 Å². The molecule has 2 spiro atoms. The fraction of sp³-hybridized carbons (Fsp3) is 0.227. The Morgan fingerprint density at radius 3 is 1.16 bits per heavy atom. The van der Waals surface area contributed by atoms with Gasteiger partial charge in [0.15, 0.2) is 0 Å². The summed E-state index contributed by atoms with van der Waals surface area (Å²) in [6.07, 6.45) is 10.4. The van der Waals surface area contributed by atoms with E-state index in [1.807, 2.05) is 0 Å². The van der Waals surface area contributed by atoms with Gasteiger partial charge in [-0.15, -0.1) is 0 Å². The first-order valence-corrected chi connectivity index (χ1v) is 16.8. The molecule has 0 radical (unpaired) electrons. The first-order valence-electron chi connectivity index (χ1n) is 16.8. The van der Waals surface area contributed by atoms with Crippen LogP contribution in [0.1, 0.15) is 73.6 Å². The zero-order valence-electron chi connectivity index (χ0n) is 25.2. The van der Waals surface area contributed by atoms with Crippen LogP contribution in [0.4, 0.5) is 0 Å². The van der Waals surface area contributed by atoms with Crippen LogP contribution in [-0.4, -0.2) is 0 Å². The van der Waals surface area contributed by atoms with E-state index in [-0.39, 0.29) is 10.8 Å². The molecule has 0 saturated heterocycles. The van der Waals surface area contributed by atoms with Crippen LogP contribution in [0.3, 0.4) is 0 Å². The fourth-order valence-corrected chi connectivity index (χ4v) is 10.1. The smallest absolute Gasteiger partial charge is 0.0215 e. The third-order valence-corrected chi connectivity index (χ3v) is 12.0. The number of fused-ring (bicyclic) bond motifs is 11. The number of benzene rings is 6. The second-order valence-corrected chi connectivity index (χ2v) is 13.9. The van der Waals surface area contributed by atoms with Gasteiger partial charge in [0.25, 0.3) is 0 Å². The third kappa shape index (κ3) is 3.19. The van der Waals surface area contributed by atoms with Gasteiger partial charge in [-0.3, -0.25) is 0 Å². The van der Waals surface area contributed by atoms with E-state index in [0.29, 0.717) is 0 Å². The molecule has 0 aromatic heterocycles. The predicted molar refractivity (Wildman–Crippen MR) is 184 cm³/mol. The number of hydrogen-bond acceptors (Lipinski definition) is 0. The summed E-state index contributed by atoms with van der Waals surface area (Å²) in [5, 5.41) is 2.69. The molecule has 0 atom stereocenters. The molecule has 0 bridgehead atoms. The minimum Gasteiger partial charge on any atom is -0.0619 e. The van der Waals surface area contributed by atoms with E-state index in [2.05, 4.69) is 121 Å². The highest BCUT2D eigenvalue weighted by atomic mass is 14.5. The maximum Gasteiger partial charge on any atom is 0.0215 e. The fourth-order valence-electron chi connectivity index (χ4n) is 10.1. The van der Waals surface area contributed by atoms with Gasteiger partial charge in [-0.05, 0) is 115 Å². The first-order chi connectivity index (χ1) is 21.8. The summed E-state index contributed by atoms with van der Waals surface area (Å²) in [5.41, 5.74) is 17.8. The molecule has 2 saturated carbocycles. The normalized spacial score (nSPS) is 18.1. The highest BCUT2D eigenvalue weighted by Crippen LogP contribution is 2.59. The van der Waals surface area contributed by atoms with Gasteiger partial charge in [0.1, 0.15) is 0 Å². The molecule has 0 heterocycles. The van der Waals surface area contributed by atoms with Crippen molar-refractivity contribution in [2.45, 2.75) is 62.2 Å². The van der Waals surface area contributed by atoms with E-state index in [1.54, 1.807) is 22.3 Å². The molecule has 2 fully saturated rings. The predicted octanol–water partition coefficient (Wildman–Crippen LogP) is 11.9. The van der Waals surface area contributed by atoms with Gasteiger partial charge < -0.3 is 0 Å². The molecule has 0 nitrogen and oxygen atoms in total. The summed E-state index contributed by atoms with van der Waals surface area (Å²) in [6.45, 7) is 0. The Balaban J connectivity index is 1.12. The van der Waals surface area contributed by atoms with Gasteiger partial charge in [0, 0.05) is 10.8 Å². The SMILES string of the molecule is c1ccc2c(c1)-c1ccc(-c3cccc4c(-c5ccc6c(c5)C5(CCCC5)c5ccccc5-6)cccc34)cc1C21CCCC1. The molecule has 4 aliphatic carbocycles. The summed E-state index contributed by atoms with van der Waals surface area (Å²) in [7, 11) is 0. The summed E-state index contributed by atoms with van der Waals surface area (Å²) in [6, 6.07) is 47.0. The van der Waals surface area contributed by atoms with Crippen molar-refractivity contribution in [3.05, 3.63) is 144 Å². The maximum atomic E-state index is 2.55. The lowest BCUT2D eigenvalue weighted by Crippen LogP contribution is -2.20. The van der Waals surface area contributed by atoms with Crippen LogP contribution in [0.25, 0.3) is 55.3 Å². The molecule has 0 amide bonds. The van der Waals surface area contributed by atoms with Gasteiger partial charge in [-0.1, -0.05) is 135 Å². The Labute approximate surface area is 260 Å². The van der Waals surface area contributed by atoms with E-state index < -0.39 is 0 Å². The molecular weight excluding hydrogens is 528 g/mol. The molecule has 0 unspecified atom stereocenters. The molecule has 10 rings (SSSR count). The molecule has 0 aliphatic heterocycles. The van der Waals surface area contributed by atoms with Crippen molar-refractivity contribution < 1.29 is 0 Å². The lowest BCUT2D eigenvalue weighted by atomic mass is 9.76. The molecule has 4 aliphatic rings. The topological polar surface area (TPSA) is 0 Å². The van der Waals surface area contributed by atoms with Crippen LogP contribution in [-0.2, 0) is 10.8 Å². The molecular formula is C44H36. The second kappa shape index (κ2) is 9.05. The zero-order chi connectivity index (χ0) is 28.9. The van der Waals surface area contributed by atoms with Crippen molar-refractivity contribution in [1.82, 2.24) is 0 Å². The second-order valence-electron chi connectivity index (χ2n) is 13.9. The van der Waals surface area contributed by atoms with E-state index in [0.717, 1.165) is 0 Å². The minimum absolute atomic E-state index is 0.190. The molecule has 6 aromatic carbocycles. The molecule has 44 heavy (non-hydrogen) atoms. The molecule has 6 aromatic rings. The van der Waals surface area contributed by atoms with E-state index in [9.17, 15) is 0 Å². The first kappa shape index (κ1) is 25.0. The van der Waals surface area contributed by atoms with Crippen molar-refractivity contribution >= 4 is 10.8 Å². The van der Waals surface area contributed by atoms with Gasteiger partial charge in [0.05, 0.1) is 0 Å².